The van der Waals surface area contributed by atoms with E-state index in [0.717, 1.165) is 5.56 Å². The molecule has 1 atom stereocenters. The molecule has 2 aromatic carbocycles. The fourth-order valence-electron chi connectivity index (χ4n) is 2.42. The smallest absolute Gasteiger partial charge is 0.265 e. The van der Waals surface area contributed by atoms with E-state index in [-0.39, 0.29) is 18.2 Å². The standard InChI is InChI=1S/C18H15N3O3/c1-11-18(23)21-15-8-12(5-6-16(15)24-11)9-17(22)20-14-4-2-3-13(7-14)10-19/h2-8,11H,9H2,1H3,(H,20,22)(H,21,23). The first-order valence-electron chi connectivity index (χ1n) is 7.45. The molecule has 1 unspecified atom stereocenters. The van der Waals surface area contributed by atoms with Crippen molar-refractivity contribution >= 4 is 23.2 Å². The van der Waals surface area contributed by atoms with E-state index in [2.05, 4.69) is 10.6 Å². The van der Waals surface area contributed by atoms with Gasteiger partial charge in [0.25, 0.3) is 5.91 Å². The molecule has 3 rings (SSSR count). The zero-order chi connectivity index (χ0) is 17.1. The first-order valence-corrected chi connectivity index (χ1v) is 7.45. The molecule has 1 aliphatic heterocycles. The van der Waals surface area contributed by atoms with Gasteiger partial charge < -0.3 is 15.4 Å². The number of carbonyl (C=O) groups excluding carboxylic acids is 2. The zero-order valence-corrected chi connectivity index (χ0v) is 13.0. The maximum atomic E-state index is 12.2. The molecule has 0 radical (unpaired) electrons. The number of ether oxygens (including phenoxy) is 1. The lowest BCUT2D eigenvalue weighted by Crippen LogP contribution is -2.34. The molecule has 0 spiro atoms. The van der Waals surface area contributed by atoms with Crippen LogP contribution >= 0.6 is 0 Å². The van der Waals surface area contributed by atoms with Crippen LogP contribution < -0.4 is 15.4 Å². The molecule has 1 heterocycles. The van der Waals surface area contributed by atoms with Crippen LogP contribution in [0.3, 0.4) is 0 Å². The summed E-state index contributed by atoms with van der Waals surface area (Å²) in [7, 11) is 0. The average Bonchev–Trinajstić information content (AvgIpc) is 2.56. The Morgan fingerprint density at radius 1 is 1.33 bits per heavy atom. The minimum Gasteiger partial charge on any atom is -0.479 e. The quantitative estimate of drug-likeness (QED) is 0.908. The van der Waals surface area contributed by atoms with Crippen molar-refractivity contribution in [1.82, 2.24) is 0 Å². The number of benzene rings is 2. The van der Waals surface area contributed by atoms with Gasteiger partial charge in [-0.3, -0.25) is 9.59 Å². The van der Waals surface area contributed by atoms with Crippen molar-refractivity contribution in [1.29, 1.82) is 5.26 Å². The molecule has 2 N–H and O–H groups in total. The maximum absolute atomic E-state index is 12.2. The molecule has 0 fully saturated rings. The second-order valence-corrected chi connectivity index (χ2v) is 5.50. The highest BCUT2D eigenvalue weighted by Gasteiger charge is 2.23. The summed E-state index contributed by atoms with van der Waals surface area (Å²) in [5.74, 6) is 0.173. The van der Waals surface area contributed by atoms with Crippen LogP contribution in [0.1, 0.15) is 18.1 Å². The highest BCUT2D eigenvalue weighted by Crippen LogP contribution is 2.30. The second-order valence-electron chi connectivity index (χ2n) is 5.50. The molecule has 1 aliphatic rings. The van der Waals surface area contributed by atoms with Crippen LogP contribution in [-0.4, -0.2) is 17.9 Å². The fraction of sp³-hybridized carbons (Fsp3) is 0.167. The van der Waals surface area contributed by atoms with Gasteiger partial charge in [0.2, 0.25) is 5.91 Å². The van der Waals surface area contributed by atoms with Gasteiger partial charge in [0.05, 0.1) is 23.7 Å². The van der Waals surface area contributed by atoms with Gasteiger partial charge in [-0.2, -0.15) is 5.26 Å². The Morgan fingerprint density at radius 3 is 2.96 bits per heavy atom. The van der Waals surface area contributed by atoms with Crippen molar-refractivity contribution in [3.63, 3.8) is 0 Å². The molecular formula is C18H15N3O3. The van der Waals surface area contributed by atoms with Crippen molar-refractivity contribution < 1.29 is 14.3 Å². The Balaban J connectivity index is 1.70. The Hall–Kier alpha value is -3.33. The molecule has 2 amide bonds. The molecule has 0 bridgehead atoms. The third-order valence-corrected chi connectivity index (χ3v) is 3.61. The van der Waals surface area contributed by atoms with E-state index in [1.807, 2.05) is 6.07 Å². The molecule has 0 saturated heterocycles. The highest BCUT2D eigenvalue weighted by molar-refractivity contribution is 5.98. The lowest BCUT2D eigenvalue weighted by molar-refractivity contribution is -0.122. The number of amides is 2. The molecule has 0 saturated carbocycles. The molecule has 2 aromatic rings. The van der Waals surface area contributed by atoms with Crippen molar-refractivity contribution in [3.05, 3.63) is 53.6 Å². The average molecular weight is 321 g/mol. The Kier molecular flexibility index (Phi) is 4.17. The number of carbonyl (C=O) groups is 2. The number of nitriles is 1. The number of hydrogen-bond donors (Lipinski definition) is 2. The SMILES string of the molecule is CC1Oc2ccc(CC(=O)Nc3cccc(C#N)c3)cc2NC1=O. The van der Waals surface area contributed by atoms with E-state index < -0.39 is 6.10 Å². The summed E-state index contributed by atoms with van der Waals surface area (Å²) in [6, 6.07) is 14.0. The molecule has 0 aliphatic carbocycles. The first-order chi connectivity index (χ1) is 11.5. The predicted octanol–water partition coefficient (Wildman–Crippen LogP) is 2.46. The van der Waals surface area contributed by atoms with Gasteiger partial charge in [-0.1, -0.05) is 12.1 Å². The van der Waals surface area contributed by atoms with Crippen molar-refractivity contribution in [2.45, 2.75) is 19.4 Å². The van der Waals surface area contributed by atoms with Crippen LogP contribution in [0.25, 0.3) is 0 Å². The molecule has 6 nitrogen and oxygen atoms in total. The van der Waals surface area contributed by atoms with E-state index >= 15 is 0 Å². The van der Waals surface area contributed by atoms with E-state index in [0.29, 0.717) is 22.7 Å². The lowest BCUT2D eigenvalue weighted by atomic mass is 10.1. The number of nitrogens with zero attached hydrogens (tertiary/aromatic N) is 1. The minimum absolute atomic E-state index is 0.148. The monoisotopic (exact) mass is 321 g/mol. The summed E-state index contributed by atoms with van der Waals surface area (Å²) in [5, 5.41) is 14.4. The summed E-state index contributed by atoms with van der Waals surface area (Å²) in [6.45, 7) is 1.68. The van der Waals surface area contributed by atoms with Crippen LogP contribution in [0.4, 0.5) is 11.4 Å². The van der Waals surface area contributed by atoms with Crippen molar-refractivity contribution in [2.75, 3.05) is 10.6 Å². The third-order valence-electron chi connectivity index (χ3n) is 3.61. The molecule has 120 valence electrons. The molecule has 24 heavy (non-hydrogen) atoms. The topological polar surface area (TPSA) is 91.2 Å². The van der Waals surface area contributed by atoms with Gasteiger partial charge in [-0.05, 0) is 42.8 Å². The van der Waals surface area contributed by atoms with Gasteiger partial charge in [-0.25, -0.2) is 0 Å². The van der Waals surface area contributed by atoms with Gasteiger partial charge in [0.1, 0.15) is 5.75 Å². The summed E-state index contributed by atoms with van der Waals surface area (Å²) in [5.41, 5.74) is 2.37. The van der Waals surface area contributed by atoms with Gasteiger partial charge in [0.15, 0.2) is 6.10 Å². The summed E-state index contributed by atoms with van der Waals surface area (Å²) >= 11 is 0. The summed E-state index contributed by atoms with van der Waals surface area (Å²) in [6.07, 6.45) is -0.380. The lowest BCUT2D eigenvalue weighted by Gasteiger charge is -2.23. The van der Waals surface area contributed by atoms with E-state index in [9.17, 15) is 9.59 Å². The predicted molar refractivity (Wildman–Crippen MR) is 88.7 cm³/mol. The largest absolute Gasteiger partial charge is 0.479 e. The number of rotatable bonds is 3. The van der Waals surface area contributed by atoms with Crippen LogP contribution in [-0.2, 0) is 16.0 Å². The van der Waals surface area contributed by atoms with Crippen LogP contribution in [0, 0.1) is 11.3 Å². The summed E-state index contributed by atoms with van der Waals surface area (Å²) in [4.78, 5) is 23.8. The first kappa shape index (κ1) is 15.6. The Morgan fingerprint density at radius 2 is 2.17 bits per heavy atom. The van der Waals surface area contributed by atoms with Crippen LogP contribution in [0.15, 0.2) is 42.5 Å². The zero-order valence-electron chi connectivity index (χ0n) is 13.0. The van der Waals surface area contributed by atoms with Crippen molar-refractivity contribution in [3.8, 4) is 11.8 Å². The fourth-order valence-corrected chi connectivity index (χ4v) is 2.42. The number of hydrogen-bond acceptors (Lipinski definition) is 4. The highest BCUT2D eigenvalue weighted by atomic mass is 16.5. The Labute approximate surface area is 139 Å². The van der Waals surface area contributed by atoms with Gasteiger partial charge >= 0.3 is 0 Å². The molecule has 6 heteroatoms. The molecular weight excluding hydrogens is 306 g/mol. The van der Waals surface area contributed by atoms with Gasteiger partial charge in [0, 0.05) is 5.69 Å². The number of anilines is 2. The Bertz CT molecular complexity index is 855. The number of nitrogens with one attached hydrogen (secondary N) is 2. The number of fused-ring (bicyclic) bond motifs is 1. The van der Waals surface area contributed by atoms with Gasteiger partial charge in [-0.15, -0.1) is 0 Å². The van der Waals surface area contributed by atoms with E-state index in [1.165, 1.54) is 0 Å². The summed E-state index contributed by atoms with van der Waals surface area (Å²) < 4.78 is 5.48. The van der Waals surface area contributed by atoms with Crippen molar-refractivity contribution in [2.24, 2.45) is 0 Å². The van der Waals surface area contributed by atoms with Crippen LogP contribution in [0.2, 0.25) is 0 Å². The molecule has 0 aromatic heterocycles. The van der Waals surface area contributed by atoms with Crippen LogP contribution in [0.5, 0.6) is 5.75 Å². The van der Waals surface area contributed by atoms with E-state index in [1.54, 1.807) is 49.4 Å². The van der Waals surface area contributed by atoms with E-state index in [4.69, 9.17) is 10.00 Å². The maximum Gasteiger partial charge on any atom is 0.265 e. The minimum atomic E-state index is -0.529. The second kappa shape index (κ2) is 6.42. The normalized spacial score (nSPS) is 15.5. The third kappa shape index (κ3) is 3.36.